The van der Waals surface area contributed by atoms with Crippen molar-refractivity contribution in [2.75, 3.05) is 7.11 Å². The van der Waals surface area contributed by atoms with Gasteiger partial charge in [0.25, 0.3) is 0 Å². The second kappa shape index (κ2) is 4.31. The van der Waals surface area contributed by atoms with Crippen LogP contribution >= 0.6 is 0 Å². The highest BCUT2D eigenvalue weighted by Crippen LogP contribution is 2.14. The van der Waals surface area contributed by atoms with Crippen LogP contribution in [0.2, 0.25) is 0 Å². The number of hydrogen-bond donors (Lipinski definition) is 2. The normalized spacial score (nSPS) is 16.2. The van der Waals surface area contributed by atoms with Crippen molar-refractivity contribution >= 4 is 5.97 Å². The Bertz CT molecular complexity index is 132. The summed E-state index contributed by atoms with van der Waals surface area (Å²) in [6.07, 6.45) is -1.47. The van der Waals surface area contributed by atoms with Gasteiger partial charge in [0.1, 0.15) is 0 Å². The lowest BCUT2D eigenvalue weighted by Gasteiger charge is -2.18. The Labute approximate surface area is 65.8 Å². The largest absolute Gasteiger partial charge is 0.469 e. The van der Waals surface area contributed by atoms with Gasteiger partial charge in [0, 0.05) is 5.92 Å². The fourth-order valence-electron chi connectivity index (χ4n) is 0.659. The summed E-state index contributed by atoms with van der Waals surface area (Å²) in [6.45, 7) is 3.17. The minimum atomic E-state index is -1.47. The molecule has 0 aliphatic carbocycles. The summed E-state index contributed by atoms with van der Waals surface area (Å²) >= 11 is 0. The van der Waals surface area contributed by atoms with Gasteiger partial charge in [-0.1, -0.05) is 13.8 Å². The number of carbonyl (C=O) groups is 1. The van der Waals surface area contributed by atoms with Gasteiger partial charge in [-0.15, -0.1) is 0 Å². The number of ether oxygens (including phenoxy) is 1. The van der Waals surface area contributed by atoms with Crippen LogP contribution in [0.4, 0.5) is 0 Å². The maximum absolute atomic E-state index is 10.8. The van der Waals surface area contributed by atoms with E-state index in [9.17, 15) is 4.79 Å². The van der Waals surface area contributed by atoms with E-state index >= 15 is 0 Å². The molecule has 66 valence electrons. The molecule has 0 rings (SSSR count). The van der Waals surface area contributed by atoms with Crippen molar-refractivity contribution in [3.05, 3.63) is 0 Å². The predicted molar refractivity (Wildman–Crippen MR) is 38.6 cm³/mol. The Hall–Kier alpha value is -0.610. The van der Waals surface area contributed by atoms with E-state index in [1.54, 1.807) is 13.8 Å². The molecular weight excluding hydrogens is 148 g/mol. The molecule has 0 spiro atoms. The highest BCUT2D eigenvalue weighted by molar-refractivity contribution is 5.72. The van der Waals surface area contributed by atoms with E-state index in [0.29, 0.717) is 0 Å². The van der Waals surface area contributed by atoms with Gasteiger partial charge in [0.15, 0.2) is 6.29 Å². The number of esters is 1. The second-order valence-corrected chi connectivity index (χ2v) is 2.58. The fraction of sp³-hybridized carbons (Fsp3) is 0.857. The molecule has 0 aliphatic heterocycles. The molecule has 11 heavy (non-hydrogen) atoms. The molecule has 0 saturated heterocycles. The fourth-order valence-corrected chi connectivity index (χ4v) is 0.659. The predicted octanol–water partition coefficient (Wildman–Crippen LogP) is -0.258. The van der Waals surface area contributed by atoms with E-state index in [2.05, 4.69) is 4.74 Å². The minimum Gasteiger partial charge on any atom is -0.469 e. The van der Waals surface area contributed by atoms with Gasteiger partial charge in [-0.25, -0.2) is 0 Å². The van der Waals surface area contributed by atoms with Crippen LogP contribution in [0, 0.1) is 11.8 Å². The number of aliphatic hydroxyl groups is 2. The van der Waals surface area contributed by atoms with Crippen LogP contribution in [0.5, 0.6) is 0 Å². The molecule has 0 heterocycles. The van der Waals surface area contributed by atoms with Gasteiger partial charge in [0.2, 0.25) is 0 Å². The highest BCUT2D eigenvalue weighted by Gasteiger charge is 2.25. The molecule has 0 aliphatic rings. The first-order valence-electron chi connectivity index (χ1n) is 3.44. The summed E-state index contributed by atoms with van der Waals surface area (Å²) < 4.78 is 4.42. The Morgan fingerprint density at radius 1 is 1.36 bits per heavy atom. The molecule has 4 nitrogen and oxygen atoms in total. The summed E-state index contributed by atoms with van der Waals surface area (Å²) in [5.41, 5.74) is 0. The molecule has 0 bridgehead atoms. The number of aliphatic hydroxyl groups excluding tert-OH is 1. The standard InChI is InChI=1S/C7H14O4/c1-4(6(8)9)5(2)7(10)11-3/h4-6,8-9H,1-3H3. The molecule has 0 radical (unpaired) electrons. The smallest absolute Gasteiger partial charge is 0.308 e. The lowest BCUT2D eigenvalue weighted by molar-refractivity contribution is -0.154. The van der Waals surface area contributed by atoms with Crippen molar-refractivity contribution in [1.82, 2.24) is 0 Å². The first kappa shape index (κ1) is 10.4. The summed E-state index contributed by atoms with van der Waals surface area (Å²) in [6, 6.07) is 0. The quantitative estimate of drug-likeness (QED) is 0.443. The lowest BCUT2D eigenvalue weighted by Crippen LogP contribution is -2.29. The molecule has 2 unspecified atom stereocenters. The average molecular weight is 162 g/mol. The molecule has 4 heteroatoms. The van der Waals surface area contributed by atoms with Crippen molar-refractivity contribution in [3.63, 3.8) is 0 Å². The van der Waals surface area contributed by atoms with Crippen LogP contribution < -0.4 is 0 Å². The molecule has 2 N–H and O–H groups in total. The Morgan fingerprint density at radius 2 is 1.82 bits per heavy atom. The number of methoxy groups -OCH3 is 1. The zero-order valence-corrected chi connectivity index (χ0v) is 6.94. The third-order valence-corrected chi connectivity index (χ3v) is 1.83. The SMILES string of the molecule is COC(=O)C(C)C(C)C(O)O. The van der Waals surface area contributed by atoms with Crippen molar-refractivity contribution in [2.45, 2.75) is 20.1 Å². The zero-order valence-electron chi connectivity index (χ0n) is 6.94. The van der Waals surface area contributed by atoms with Gasteiger partial charge >= 0.3 is 5.97 Å². The van der Waals surface area contributed by atoms with Crippen molar-refractivity contribution in [3.8, 4) is 0 Å². The first-order valence-corrected chi connectivity index (χ1v) is 3.44. The van der Waals surface area contributed by atoms with E-state index in [1.807, 2.05) is 0 Å². The summed E-state index contributed by atoms with van der Waals surface area (Å²) in [5, 5.41) is 17.4. The van der Waals surface area contributed by atoms with Crippen LogP contribution in [0.25, 0.3) is 0 Å². The van der Waals surface area contributed by atoms with Crippen LogP contribution in [0.3, 0.4) is 0 Å². The van der Waals surface area contributed by atoms with Gasteiger partial charge in [-0.3, -0.25) is 4.79 Å². The van der Waals surface area contributed by atoms with E-state index in [1.165, 1.54) is 7.11 Å². The molecule has 0 amide bonds. The van der Waals surface area contributed by atoms with Gasteiger partial charge in [-0.05, 0) is 0 Å². The Morgan fingerprint density at radius 3 is 2.09 bits per heavy atom. The average Bonchev–Trinajstić information content (AvgIpc) is 2.00. The van der Waals surface area contributed by atoms with Crippen LogP contribution in [0.1, 0.15) is 13.8 Å². The molecule has 0 aromatic rings. The van der Waals surface area contributed by atoms with E-state index in [4.69, 9.17) is 10.2 Å². The molecule has 0 aromatic heterocycles. The molecule has 2 atom stereocenters. The van der Waals surface area contributed by atoms with Gasteiger partial charge < -0.3 is 14.9 Å². The van der Waals surface area contributed by atoms with E-state index in [0.717, 1.165) is 0 Å². The third kappa shape index (κ3) is 2.86. The molecule has 0 saturated carbocycles. The molecule has 0 aromatic carbocycles. The van der Waals surface area contributed by atoms with Crippen molar-refractivity contribution < 1.29 is 19.7 Å². The molecular formula is C7H14O4. The van der Waals surface area contributed by atoms with E-state index < -0.39 is 24.1 Å². The number of carbonyl (C=O) groups excluding carboxylic acids is 1. The van der Waals surface area contributed by atoms with Crippen molar-refractivity contribution in [2.24, 2.45) is 11.8 Å². The van der Waals surface area contributed by atoms with Gasteiger partial charge in [0.05, 0.1) is 13.0 Å². The minimum absolute atomic E-state index is 0.425. The summed E-state index contributed by atoms with van der Waals surface area (Å²) in [5.74, 6) is -1.41. The highest BCUT2D eigenvalue weighted by atomic mass is 16.5. The summed E-state index contributed by atoms with van der Waals surface area (Å²) in [7, 11) is 1.27. The molecule has 0 fully saturated rings. The number of rotatable bonds is 3. The monoisotopic (exact) mass is 162 g/mol. The topological polar surface area (TPSA) is 66.8 Å². The van der Waals surface area contributed by atoms with Crippen molar-refractivity contribution in [1.29, 1.82) is 0 Å². The maximum atomic E-state index is 10.8. The van der Waals surface area contributed by atoms with Crippen LogP contribution in [0.15, 0.2) is 0 Å². The van der Waals surface area contributed by atoms with E-state index in [-0.39, 0.29) is 0 Å². The third-order valence-electron chi connectivity index (χ3n) is 1.83. The lowest BCUT2D eigenvalue weighted by atomic mass is 9.96. The zero-order chi connectivity index (χ0) is 9.02. The first-order chi connectivity index (χ1) is 5.00. The Kier molecular flexibility index (Phi) is 4.07. The van der Waals surface area contributed by atoms with Crippen LogP contribution in [-0.2, 0) is 9.53 Å². The summed E-state index contributed by atoms with van der Waals surface area (Å²) in [4.78, 5) is 10.8. The second-order valence-electron chi connectivity index (χ2n) is 2.58. The van der Waals surface area contributed by atoms with Crippen LogP contribution in [-0.4, -0.2) is 29.6 Å². The van der Waals surface area contributed by atoms with Gasteiger partial charge in [-0.2, -0.15) is 0 Å². The maximum Gasteiger partial charge on any atom is 0.308 e. The number of hydrogen-bond acceptors (Lipinski definition) is 4. The Balaban J connectivity index is 4.01.